The Morgan fingerprint density at radius 2 is 1.00 bits per heavy atom. The van der Waals surface area contributed by atoms with E-state index in [9.17, 15) is 0 Å². The monoisotopic (exact) mass is 752 g/mol. The number of aromatic nitrogens is 1. The molecular formula is C56H36N2O. The van der Waals surface area contributed by atoms with Gasteiger partial charge in [0, 0.05) is 43.9 Å². The van der Waals surface area contributed by atoms with Crippen molar-refractivity contribution in [2.45, 2.75) is 0 Å². The molecule has 12 rings (SSSR count). The van der Waals surface area contributed by atoms with Gasteiger partial charge in [0.25, 0.3) is 0 Å². The van der Waals surface area contributed by atoms with Crippen molar-refractivity contribution in [1.82, 2.24) is 4.57 Å². The summed E-state index contributed by atoms with van der Waals surface area (Å²) in [5.74, 6) is 0. The molecule has 0 unspecified atom stereocenters. The third-order valence-corrected chi connectivity index (χ3v) is 12.0. The topological polar surface area (TPSA) is 21.3 Å². The summed E-state index contributed by atoms with van der Waals surface area (Å²) >= 11 is 0. The Hall–Kier alpha value is -7.88. The summed E-state index contributed by atoms with van der Waals surface area (Å²) in [5.41, 5.74) is 13.1. The van der Waals surface area contributed by atoms with Crippen LogP contribution in [0, 0.1) is 0 Å². The third-order valence-electron chi connectivity index (χ3n) is 12.0. The van der Waals surface area contributed by atoms with Crippen molar-refractivity contribution >= 4 is 82.4 Å². The van der Waals surface area contributed by atoms with Crippen LogP contribution >= 0.6 is 0 Å². The average Bonchev–Trinajstić information content (AvgIpc) is 3.87. The minimum atomic E-state index is 0.889. The Balaban J connectivity index is 1.11. The molecule has 0 bridgehead atoms. The Kier molecular flexibility index (Phi) is 7.54. The predicted molar refractivity (Wildman–Crippen MR) is 249 cm³/mol. The van der Waals surface area contributed by atoms with Gasteiger partial charge in [0.2, 0.25) is 0 Å². The van der Waals surface area contributed by atoms with Gasteiger partial charge in [-0.3, -0.25) is 0 Å². The van der Waals surface area contributed by atoms with Gasteiger partial charge in [-0.15, -0.1) is 0 Å². The molecule has 59 heavy (non-hydrogen) atoms. The minimum absolute atomic E-state index is 0.889. The fraction of sp³-hybridized carbons (Fsp3) is 0. The normalized spacial score (nSPS) is 11.7. The molecule has 10 aromatic carbocycles. The van der Waals surface area contributed by atoms with Gasteiger partial charge < -0.3 is 13.9 Å². The number of hydrogen-bond acceptors (Lipinski definition) is 2. The molecule has 0 radical (unpaired) electrons. The fourth-order valence-corrected chi connectivity index (χ4v) is 9.36. The highest BCUT2D eigenvalue weighted by atomic mass is 16.3. The van der Waals surface area contributed by atoms with Crippen molar-refractivity contribution in [2.75, 3.05) is 4.90 Å². The fourth-order valence-electron chi connectivity index (χ4n) is 9.36. The van der Waals surface area contributed by atoms with Crippen molar-refractivity contribution in [3.8, 4) is 27.9 Å². The van der Waals surface area contributed by atoms with Gasteiger partial charge in [-0.1, -0.05) is 164 Å². The number of para-hydroxylation sites is 4. The Labute approximate surface area is 341 Å². The summed E-state index contributed by atoms with van der Waals surface area (Å²) in [6.45, 7) is 0. The molecular weight excluding hydrogens is 717 g/mol. The summed E-state index contributed by atoms with van der Waals surface area (Å²) in [6.07, 6.45) is 0. The first-order chi connectivity index (χ1) is 29.3. The summed E-state index contributed by atoms with van der Waals surface area (Å²) in [6, 6.07) is 78.7. The van der Waals surface area contributed by atoms with Crippen LogP contribution in [0.4, 0.5) is 17.1 Å². The molecule has 0 aliphatic heterocycles. The van der Waals surface area contributed by atoms with Crippen molar-refractivity contribution in [3.05, 3.63) is 218 Å². The smallest absolute Gasteiger partial charge is 0.143 e. The highest BCUT2D eigenvalue weighted by Gasteiger charge is 2.24. The van der Waals surface area contributed by atoms with E-state index in [1.165, 1.54) is 37.8 Å². The zero-order chi connectivity index (χ0) is 38.9. The lowest BCUT2D eigenvalue weighted by Gasteiger charge is -2.28. The molecule has 0 aliphatic rings. The summed E-state index contributed by atoms with van der Waals surface area (Å²) < 4.78 is 9.08. The molecule has 0 atom stereocenters. The second-order valence-corrected chi connectivity index (χ2v) is 15.2. The maximum atomic E-state index is 6.65. The average molecular weight is 753 g/mol. The number of furan rings is 1. The molecule has 0 N–H and O–H groups in total. The summed E-state index contributed by atoms with van der Waals surface area (Å²) in [5, 5.41) is 9.58. The molecule has 0 saturated carbocycles. The molecule has 0 spiro atoms. The van der Waals surface area contributed by atoms with E-state index in [4.69, 9.17) is 4.42 Å². The summed E-state index contributed by atoms with van der Waals surface area (Å²) in [4.78, 5) is 2.46. The Morgan fingerprint density at radius 1 is 0.373 bits per heavy atom. The van der Waals surface area contributed by atoms with Gasteiger partial charge in [-0.2, -0.15) is 0 Å². The second-order valence-electron chi connectivity index (χ2n) is 15.2. The van der Waals surface area contributed by atoms with Gasteiger partial charge in [-0.25, -0.2) is 0 Å². The van der Waals surface area contributed by atoms with Crippen LogP contribution in [0.1, 0.15) is 0 Å². The second kappa shape index (κ2) is 13.4. The first kappa shape index (κ1) is 33.3. The number of rotatable bonds is 6. The standard InChI is InChI=1S/C56H36N2O/c1-3-15-37(16-4-1)44-36-35-43(54-49-22-10-12-28-53(49)59-56(44)54)39-29-32-41(33-30-39)57(50-26-13-23-45-42-20-8-7-17-38(42)31-34-47(45)50)52-27-14-24-48-46-21-9-11-25-51(46)58(55(48)52)40-18-5-2-6-19-40/h1-36H. The van der Waals surface area contributed by atoms with E-state index in [2.05, 4.69) is 222 Å². The zero-order valence-corrected chi connectivity index (χ0v) is 32.1. The molecule has 3 heteroatoms. The molecule has 3 nitrogen and oxygen atoms in total. The maximum Gasteiger partial charge on any atom is 0.143 e. The first-order valence-corrected chi connectivity index (χ1v) is 20.2. The SMILES string of the molecule is c1ccc(-c2ccc(-c3ccc(N(c4cccc5c4ccc4ccccc45)c4cccc5c6ccccc6n(-c6ccccc6)c45)cc3)c3c2oc2ccccc23)cc1. The van der Waals surface area contributed by atoms with Crippen LogP contribution in [0.5, 0.6) is 0 Å². The van der Waals surface area contributed by atoms with Gasteiger partial charge in [0.1, 0.15) is 11.2 Å². The van der Waals surface area contributed by atoms with Crippen LogP contribution in [0.2, 0.25) is 0 Å². The van der Waals surface area contributed by atoms with Crippen LogP contribution in [-0.4, -0.2) is 4.57 Å². The van der Waals surface area contributed by atoms with Crippen LogP contribution in [0.25, 0.3) is 93.2 Å². The van der Waals surface area contributed by atoms with Gasteiger partial charge in [0.05, 0.1) is 22.4 Å². The molecule has 0 fully saturated rings. The van der Waals surface area contributed by atoms with Crippen LogP contribution in [-0.2, 0) is 0 Å². The highest BCUT2D eigenvalue weighted by molar-refractivity contribution is 6.18. The van der Waals surface area contributed by atoms with Gasteiger partial charge in [0.15, 0.2) is 0 Å². The quantitative estimate of drug-likeness (QED) is 0.158. The third kappa shape index (κ3) is 5.22. The molecule has 0 aliphatic carbocycles. The number of anilines is 3. The van der Waals surface area contributed by atoms with Gasteiger partial charge in [-0.05, 0) is 87.4 Å². The van der Waals surface area contributed by atoms with E-state index in [1.807, 2.05) is 6.07 Å². The van der Waals surface area contributed by atoms with Gasteiger partial charge >= 0.3 is 0 Å². The van der Waals surface area contributed by atoms with E-state index < -0.39 is 0 Å². The number of nitrogens with zero attached hydrogens (tertiary/aromatic N) is 2. The molecule has 2 aromatic heterocycles. The van der Waals surface area contributed by atoms with Crippen molar-refractivity contribution in [3.63, 3.8) is 0 Å². The largest absolute Gasteiger partial charge is 0.455 e. The van der Waals surface area contributed by atoms with E-state index in [0.717, 1.165) is 72.5 Å². The van der Waals surface area contributed by atoms with E-state index in [-0.39, 0.29) is 0 Å². The number of benzene rings is 10. The zero-order valence-electron chi connectivity index (χ0n) is 32.1. The summed E-state index contributed by atoms with van der Waals surface area (Å²) in [7, 11) is 0. The van der Waals surface area contributed by atoms with Crippen molar-refractivity contribution in [1.29, 1.82) is 0 Å². The predicted octanol–water partition coefficient (Wildman–Crippen LogP) is 15.8. The Bertz CT molecular complexity index is 3540. The number of hydrogen-bond donors (Lipinski definition) is 0. The lowest BCUT2D eigenvalue weighted by molar-refractivity contribution is 0.670. The van der Waals surface area contributed by atoms with E-state index in [0.29, 0.717) is 0 Å². The molecule has 2 heterocycles. The van der Waals surface area contributed by atoms with Crippen LogP contribution < -0.4 is 4.90 Å². The molecule has 276 valence electrons. The van der Waals surface area contributed by atoms with Crippen LogP contribution in [0.15, 0.2) is 223 Å². The van der Waals surface area contributed by atoms with E-state index in [1.54, 1.807) is 0 Å². The highest BCUT2D eigenvalue weighted by Crippen LogP contribution is 2.47. The molecule has 0 amide bonds. The van der Waals surface area contributed by atoms with Crippen molar-refractivity contribution in [2.24, 2.45) is 0 Å². The lowest BCUT2D eigenvalue weighted by Crippen LogP contribution is -2.12. The van der Waals surface area contributed by atoms with E-state index >= 15 is 0 Å². The van der Waals surface area contributed by atoms with Crippen molar-refractivity contribution < 1.29 is 4.42 Å². The first-order valence-electron chi connectivity index (χ1n) is 20.2. The number of fused-ring (bicyclic) bond motifs is 9. The maximum absolute atomic E-state index is 6.65. The molecule has 12 aromatic rings. The lowest BCUT2D eigenvalue weighted by atomic mass is 9.94. The van der Waals surface area contributed by atoms with Crippen LogP contribution in [0.3, 0.4) is 0 Å². The minimum Gasteiger partial charge on any atom is -0.455 e. The Morgan fingerprint density at radius 3 is 1.83 bits per heavy atom. The molecule has 0 saturated heterocycles.